The first kappa shape index (κ1) is 14.8. The Morgan fingerprint density at radius 2 is 1.77 bits per heavy atom. The first-order valence-electron chi connectivity index (χ1n) is 7.96. The van der Waals surface area contributed by atoms with Gasteiger partial charge in [-0.2, -0.15) is 0 Å². The lowest BCUT2D eigenvalue weighted by Crippen LogP contribution is -2.40. The summed E-state index contributed by atoms with van der Waals surface area (Å²) in [4.78, 5) is 24.8. The number of benzene rings is 1. The van der Waals surface area contributed by atoms with Gasteiger partial charge in [-0.05, 0) is 49.8 Å². The molecule has 0 radical (unpaired) electrons. The second-order valence-electron chi connectivity index (χ2n) is 6.37. The lowest BCUT2D eigenvalue weighted by molar-refractivity contribution is 0.444. The van der Waals surface area contributed by atoms with E-state index in [1.54, 1.807) is 17.0 Å². The zero-order chi connectivity index (χ0) is 15.7. The van der Waals surface area contributed by atoms with Gasteiger partial charge in [0.25, 0.3) is 0 Å². The van der Waals surface area contributed by atoms with Crippen molar-refractivity contribution in [3.63, 3.8) is 0 Å². The normalized spacial score (nSPS) is 15.4. The summed E-state index contributed by atoms with van der Waals surface area (Å²) in [5.41, 5.74) is 1.96. The Kier molecular flexibility index (Phi) is 4.01. The van der Waals surface area contributed by atoms with Crippen molar-refractivity contribution in [3.8, 4) is 5.69 Å². The van der Waals surface area contributed by atoms with Crippen molar-refractivity contribution in [2.45, 2.75) is 46.1 Å². The quantitative estimate of drug-likeness (QED) is 0.818. The average Bonchev–Trinajstić information content (AvgIpc) is 3.00. The standard InChI is InChI=1S/C18H22N2O2/c1-13-7-8-14(2)16(11-13)20-10-9-19(17(21)18(20)22)12-15-5-3-4-6-15/h7-11,15H,3-6,12H2,1-2H3. The van der Waals surface area contributed by atoms with Gasteiger partial charge in [-0.15, -0.1) is 0 Å². The molecule has 0 N–H and O–H groups in total. The fourth-order valence-electron chi connectivity index (χ4n) is 3.29. The van der Waals surface area contributed by atoms with E-state index in [-0.39, 0.29) is 0 Å². The van der Waals surface area contributed by atoms with E-state index >= 15 is 0 Å². The Hall–Kier alpha value is -2.10. The highest BCUT2D eigenvalue weighted by atomic mass is 16.2. The molecule has 1 aliphatic rings. The van der Waals surface area contributed by atoms with Crippen LogP contribution in [0.5, 0.6) is 0 Å². The van der Waals surface area contributed by atoms with Gasteiger partial charge >= 0.3 is 11.1 Å². The summed E-state index contributed by atoms with van der Waals surface area (Å²) in [5, 5.41) is 0. The Morgan fingerprint density at radius 3 is 2.50 bits per heavy atom. The highest BCUT2D eigenvalue weighted by molar-refractivity contribution is 5.42. The largest absolute Gasteiger partial charge is 0.320 e. The highest BCUT2D eigenvalue weighted by Gasteiger charge is 2.17. The van der Waals surface area contributed by atoms with Gasteiger partial charge in [-0.3, -0.25) is 14.2 Å². The summed E-state index contributed by atoms with van der Waals surface area (Å²) >= 11 is 0. The molecule has 1 fully saturated rings. The van der Waals surface area contributed by atoms with Gasteiger partial charge in [-0.25, -0.2) is 0 Å². The minimum atomic E-state index is -0.464. The Morgan fingerprint density at radius 1 is 1.05 bits per heavy atom. The molecule has 3 rings (SSSR count). The van der Waals surface area contributed by atoms with Crippen LogP contribution >= 0.6 is 0 Å². The maximum Gasteiger partial charge on any atom is 0.320 e. The molecule has 0 atom stereocenters. The van der Waals surface area contributed by atoms with E-state index in [2.05, 4.69) is 0 Å². The predicted molar refractivity (Wildman–Crippen MR) is 87.7 cm³/mol. The van der Waals surface area contributed by atoms with Gasteiger partial charge in [0.1, 0.15) is 0 Å². The molecule has 4 heteroatoms. The molecule has 1 aromatic carbocycles. The zero-order valence-corrected chi connectivity index (χ0v) is 13.2. The number of nitrogens with zero attached hydrogens (tertiary/aromatic N) is 2. The SMILES string of the molecule is Cc1ccc(C)c(-n2ccn(CC3CCCC3)c(=O)c2=O)c1. The smallest absolute Gasteiger partial charge is 0.309 e. The Bertz CT molecular complexity index is 795. The van der Waals surface area contributed by atoms with Crippen molar-refractivity contribution in [2.24, 2.45) is 5.92 Å². The van der Waals surface area contributed by atoms with Crippen molar-refractivity contribution < 1.29 is 0 Å². The van der Waals surface area contributed by atoms with Crippen LogP contribution in [0.1, 0.15) is 36.8 Å². The van der Waals surface area contributed by atoms with Crippen molar-refractivity contribution in [2.75, 3.05) is 0 Å². The van der Waals surface area contributed by atoms with Crippen LogP contribution in [-0.2, 0) is 6.54 Å². The molecule has 0 amide bonds. The topological polar surface area (TPSA) is 44.0 Å². The maximum absolute atomic E-state index is 12.5. The Labute approximate surface area is 130 Å². The van der Waals surface area contributed by atoms with Crippen molar-refractivity contribution in [1.82, 2.24) is 9.13 Å². The molecule has 0 saturated heterocycles. The lowest BCUT2D eigenvalue weighted by Gasteiger charge is -2.14. The highest BCUT2D eigenvalue weighted by Crippen LogP contribution is 2.25. The molecule has 1 heterocycles. The van der Waals surface area contributed by atoms with Gasteiger partial charge in [-0.1, -0.05) is 25.0 Å². The summed E-state index contributed by atoms with van der Waals surface area (Å²) in [6.45, 7) is 4.60. The van der Waals surface area contributed by atoms with E-state index in [9.17, 15) is 9.59 Å². The second kappa shape index (κ2) is 5.95. The summed E-state index contributed by atoms with van der Waals surface area (Å²) < 4.78 is 3.05. The van der Waals surface area contributed by atoms with E-state index in [0.717, 1.165) is 29.7 Å². The lowest BCUT2D eigenvalue weighted by atomic mass is 10.1. The zero-order valence-electron chi connectivity index (χ0n) is 13.2. The number of aryl methyl sites for hydroxylation is 2. The van der Waals surface area contributed by atoms with E-state index in [4.69, 9.17) is 0 Å². The predicted octanol–water partition coefficient (Wildman–Crippen LogP) is 2.81. The first-order valence-corrected chi connectivity index (χ1v) is 7.96. The summed E-state index contributed by atoms with van der Waals surface area (Å²) in [6, 6.07) is 5.92. The van der Waals surface area contributed by atoms with Crippen LogP contribution in [0, 0.1) is 19.8 Å². The van der Waals surface area contributed by atoms with Gasteiger partial charge in [0.05, 0.1) is 5.69 Å². The van der Waals surface area contributed by atoms with Crippen LogP contribution in [0.25, 0.3) is 5.69 Å². The molecule has 0 spiro atoms. The fourth-order valence-corrected chi connectivity index (χ4v) is 3.29. The Balaban J connectivity index is 2.01. The molecule has 116 valence electrons. The number of aromatic nitrogens is 2. The summed E-state index contributed by atoms with van der Waals surface area (Å²) in [5.74, 6) is 0.536. The van der Waals surface area contributed by atoms with E-state index in [1.165, 1.54) is 17.4 Å². The van der Waals surface area contributed by atoms with Gasteiger partial charge < -0.3 is 4.57 Å². The second-order valence-corrected chi connectivity index (χ2v) is 6.37. The van der Waals surface area contributed by atoms with Gasteiger partial charge in [0.2, 0.25) is 0 Å². The molecular weight excluding hydrogens is 276 g/mol. The summed E-state index contributed by atoms with van der Waals surface area (Å²) in [7, 11) is 0. The molecule has 1 aromatic heterocycles. The monoisotopic (exact) mass is 298 g/mol. The van der Waals surface area contributed by atoms with Crippen molar-refractivity contribution >= 4 is 0 Å². The third kappa shape index (κ3) is 2.78. The van der Waals surface area contributed by atoms with Crippen molar-refractivity contribution in [1.29, 1.82) is 0 Å². The van der Waals surface area contributed by atoms with Crippen molar-refractivity contribution in [3.05, 3.63) is 62.4 Å². The molecule has 1 saturated carbocycles. The third-order valence-electron chi connectivity index (χ3n) is 4.61. The van der Waals surface area contributed by atoms with Gasteiger partial charge in [0.15, 0.2) is 0 Å². The average molecular weight is 298 g/mol. The molecule has 0 bridgehead atoms. The van der Waals surface area contributed by atoms with E-state index in [1.807, 2.05) is 32.0 Å². The third-order valence-corrected chi connectivity index (χ3v) is 4.61. The number of hydrogen-bond donors (Lipinski definition) is 0. The molecular formula is C18H22N2O2. The molecule has 4 nitrogen and oxygen atoms in total. The van der Waals surface area contributed by atoms with Crippen LogP contribution in [0.15, 0.2) is 40.2 Å². The van der Waals surface area contributed by atoms with Crippen LogP contribution in [0.3, 0.4) is 0 Å². The summed E-state index contributed by atoms with van der Waals surface area (Å²) in [6.07, 6.45) is 8.27. The van der Waals surface area contributed by atoms with Crippen LogP contribution < -0.4 is 11.1 Å². The van der Waals surface area contributed by atoms with Crippen LogP contribution in [-0.4, -0.2) is 9.13 Å². The molecule has 0 aliphatic heterocycles. The number of hydrogen-bond acceptors (Lipinski definition) is 2. The minimum absolute atomic E-state index is 0.421. The molecule has 1 aliphatic carbocycles. The fraction of sp³-hybridized carbons (Fsp3) is 0.444. The van der Waals surface area contributed by atoms with Crippen LogP contribution in [0.4, 0.5) is 0 Å². The van der Waals surface area contributed by atoms with Crippen LogP contribution in [0.2, 0.25) is 0 Å². The molecule has 22 heavy (non-hydrogen) atoms. The van der Waals surface area contributed by atoms with E-state index < -0.39 is 11.1 Å². The molecule has 2 aromatic rings. The van der Waals surface area contributed by atoms with E-state index in [0.29, 0.717) is 12.5 Å². The first-order chi connectivity index (χ1) is 10.6. The number of rotatable bonds is 3. The minimum Gasteiger partial charge on any atom is -0.309 e. The van der Waals surface area contributed by atoms with Gasteiger partial charge in [0, 0.05) is 18.9 Å². The maximum atomic E-state index is 12.5. The molecule has 0 unspecified atom stereocenters.